The van der Waals surface area contributed by atoms with Gasteiger partial charge in [0.1, 0.15) is 5.60 Å². The van der Waals surface area contributed by atoms with Crippen LogP contribution in [0, 0.1) is 0 Å². The minimum atomic E-state index is -0.345. The molecule has 0 bridgehead atoms. The third kappa shape index (κ3) is 2.69. The number of ether oxygens (including phenoxy) is 2. The van der Waals surface area contributed by atoms with Gasteiger partial charge in [0.25, 0.3) is 0 Å². The highest BCUT2D eigenvalue weighted by molar-refractivity contribution is 5.79. The third-order valence-electron chi connectivity index (χ3n) is 2.44. The molecule has 1 aliphatic heterocycles. The highest BCUT2D eigenvalue weighted by Crippen LogP contribution is 2.39. The topological polar surface area (TPSA) is 42.1 Å². The number of hydrogen-bond donors (Lipinski definition) is 0. The second-order valence-corrected chi connectivity index (χ2v) is 4.12. The van der Waals surface area contributed by atoms with Gasteiger partial charge in [-0.1, -0.05) is 0 Å². The van der Waals surface area contributed by atoms with Crippen molar-refractivity contribution in [3.63, 3.8) is 0 Å². The van der Waals surface area contributed by atoms with E-state index < -0.39 is 0 Å². The summed E-state index contributed by atoms with van der Waals surface area (Å²) in [4.78, 5) is 13.4. The predicted molar refractivity (Wildman–Crippen MR) is 53.1 cm³/mol. The molecule has 1 rings (SSSR count). The summed E-state index contributed by atoms with van der Waals surface area (Å²) >= 11 is 0. The van der Waals surface area contributed by atoms with Crippen LogP contribution in [0.1, 0.15) is 20.3 Å². The zero-order valence-corrected chi connectivity index (χ0v) is 9.37. The van der Waals surface area contributed by atoms with E-state index >= 15 is 0 Å². The Bertz CT molecular complexity index is 217. The first-order valence-corrected chi connectivity index (χ1v) is 4.99. The monoisotopic (exact) mass is 201 g/mol. The highest BCUT2D eigenvalue weighted by atomic mass is 16.7. The van der Waals surface area contributed by atoms with Gasteiger partial charge in [-0.2, -0.15) is 0 Å². The van der Waals surface area contributed by atoms with Gasteiger partial charge in [-0.3, -0.25) is 0 Å². The molecule has 1 aliphatic rings. The van der Waals surface area contributed by atoms with Crippen molar-refractivity contribution in [1.29, 1.82) is 0 Å². The first kappa shape index (κ1) is 11.5. The van der Waals surface area contributed by atoms with Gasteiger partial charge < -0.3 is 14.4 Å². The van der Waals surface area contributed by atoms with Crippen LogP contribution < -0.4 is 0 Å². The van der Waals surface area contributed by atoms with E-state index in [9.17, 15) is 4.79 Å². The third-order valence-corrected chi connectivity index (χ3v) is 2.44. The van der Waals surface area contributed by atoms with E-state index in [0.717, 1.165) is 13.0 Å². The molecule has 0 radical (unpaired) electrons. The van der Waals surface area contributed by atoms with Crippen molar-refractivity contribution in [1.82, 2.24) is 4.90 Å². The van der Waals surface area contributed by atoms with Crippen molar-refractivity contribution >= 4 is 5.97 Å². The SMILES string of the molecule is CCOC(=O)C1OC1(C)CCN(C)C. The molecule has 0 N–H and O–H groups in total. The minimum absolute atomic E-state index is 0.228. The summed E-state index contributed by atoms with van der Waals surface area (Å²) < 4.78 is 10.3. The van der Waals surface area contributed by atoms with Gasteiger partial charge in [-0.25, -0.2) is 4.79 Å². The molecule has 0 saturated carbocycles. The molecule has 4 nitrogen and oxygen atoms in total. The highest BCUT2D eigenvalue weighted by Gasteiger charge is 2.57. The molecule has 0 spiro atoms. The number of esters is 1. The van der Waals surface area contributed by atoms with Crippen LogP contribution in [0.3, 0.4) is 0 Å². The number of epoxide rings is 1. The molecular formula is C10H19NO3. The van der Waals surface area contributed by atoms with E-state index in [4.69, 9.17) is 9.47 Å². The van der Waals surface area contributed by atoms with Gasteiger partial charge in [-0.05, 0) is 34.4 Å². The number of rotatable bonds is 5. The molecule has 2 unspecified atom stereocenters. The zero-order chi connectivity index (χ0) is 10.8. The van der Waals surface area contributed by atoms with E-state index in [0.29, 0.717) is 6.61 Å². The summed E-state index contributed by atoms with van der Waals surface area (Å²) in [5, 5.41) is 0. The summed E-state index contributed by atoms with van der Waals surface area (Å²) in [7, 11) is 4.01. The van der Waals surface area contributed by atoms with Crippen molar-refractivity contribution in [2.75, 3.05) is 27.2 Å². The van der Waals surface area contributed by atoms with E-state index in [1.807, 2.05) is 21.0 Å². The Morgan fingerprint density at radius 3 is 2.71 bits per heavy atom. The maximum absolute atomic E-state index is 11.3. The van der Waals surface area contributed by atoms with Crippen LogP contribution >= 0.6 is 0 Å². The molecule has 82 valence electrons. The summed E-state index contributed by atoms with van der Waals surface area (Å²) in [6.45, 7) is 5.10. The molecular weight excluding hydrogens is 182 g/mol. The Morgan fingerprint density at radius 1 is 1.57 bits per heavy atom. The van der Waals surface area contributed by atoms with Gasteiger partial charge in [-0.15, -0.1) is 0 Å². The van der Waals surface area contributed by atoms with Crippen LogP contribution in [-0.4, -0.2) is 49.8 Å². The maximum atomic E-state index is 11.3. The average Bonchev–Trinajstić information content (AvgIpc) is 2.76. The number of carbonyl (C=O) groups excluding carboxylic acids is 1. The molecule has 0 aliphatic carbocycles. The first-order chi connectivity index (χ1) is 6.49. The summed E-state index contributed by atoms with van der Waals surface area (Å²) in [6, 6.07) is 0. The van der Waals surface area contributed by atoms with Crippen LogP contribution in [0.2, 0.25) is 0 Å². The normalized spacial score (nSPS) is 30.5. The van der Waals surface area contributed by atoms with Gasteiger partial charge in [0.2, 0.25) is 0 Å². The Balaban J connectivity index is 2.31. The molecule has 1 fully saturated rings. The van der Waals surface area contributed by atoms with Crippen molar-refractivity contribution < 1.29 is 14.3 Å². The number of nitrogens with zero attached hydrogens (tertiary/aromatic N) is 1. The molecule has 1 saturated heterocycles. The Labute approximate surface area is 85.2 Å². The second kappa shape index (κ2) is 4.28. The lowest BCUT2D eigenvalue weighted by Gasteiger charge is -2.11. The van der Waals surface area contributed by atoms with Crippen LogP contribution in [0.5, 0.6) is 0 Å². The van der Waals surface area contributed by atoms with Crippen LogP contribution in [0.4, 0.5) is 0 Å². The van der Waals surface area contributed by atoms with E-state index in [2.05, 4.69) is 4.90 Å². The van der Waals surface area contributed by atoms with Gasteiger partial charge in [0, 0.05) is 6.54 Å². The van der Waals surface area contributed by atoms with E-state index in [-0.39, 0.29) is 17.7 Å². The number of hydrogen-bond acceptors (Lipinski definition) is 4. The molecule has 0 aromatic rings. The standard InChI is InChI=1S/C10H19NO3/c1-5-13-9(12)8-10(2,14-8)6-7-11(3)4/h8H,5-7H2,1-4H3. The van der Waals surface area contributed by atoms with Crippen molar-refractivity contribution in [3.05, 3.63) is 0 Å². The smallest absolute Gasteiger partial charge is 0.338 e. The quantitative estimate of drug-likeness (QED) is 0.484. The van der Waals surface area contributed by atoms with Gasteiger partial charge in [0.05, 0.1) is 6.61 Å². The van der Waals surface area contributed by atoms with E-state index in [1.54, 1.807) is 6.92 Å². The number of carbonyl (C=O) groups is 1. The Morgan fingerprint density at radius 2 is 2.21 bits per heavy atom. The van der Waals surface area contributed by atoms with Crippen LogP contribution in [-0.2, 0) is 14.3 Å². The van der Waals surface area contributed by atoms with Gasteiger partial charge in [0.15, 0.2) is 6.10 Å². The summed E-state index contributed by atoms with van der Waals surface area (Å²) in [6.07, 6.45) is 0.520. The maximum Gasteiger partial charge on any atom is 0.338 e. The summed E-state index contributed by atoms with van der Waals surface area (Å²) in [5.74, 6) is -0.228. The molecule has 2 atom stereocenters. The predicted octanol–water partition coefficient (Wildman–Crippen LogP) is 0.659. The first-order valence-electron chi connectivity index (χ1n) is 4.99. The van der Waals surface area contributed by atoms with Crippen LogP contribution in [0.15, 0.2) is 0 Å². The largest absolute Gasteiger partial charge is 0.464 e. The molecule has 4 heteroatoms. The Kier molecular flexibility index (Phi) is 3.50. The second-order valence-electron chi connectivity index (χ2n) is 4.12. The Hall–Kier alpha value is -0.610. The molecule has 14 heavy (non-hydrogen) atoms. The van der Waals surface area contributed by atoms with Crippen molar-refractivity contribution in [2.45, 2.75) is 32.0 Å². The fourth-order valence-electron chi connectivity index (χ4n) is 1.39. The lowest BCUT2D eigenvalue weighted by Crippen LogP contribution is -2.25. The average molecular weight is 201 g/mol. The van der Waals surface area contributed by atoms with Crippen LogP contribution in [0.25, 0.3) is 0 Å². The minimum Gasteiger partial charge on any atom is -0.464 e. The van der Waals surface area contributed by atoms with Crippen molar-refractivity contribution in [2.24, 2.45) is 0 Å². The van der Waals surface area contributed by atoms with Gasteiger partial charge >= 0.3 is 5.97 Å². The lowest BCUT2D eigenvalue weighted by molar-refractivity contribution is -0.144. The fourth-order valence-corrected chi connectivity index (χ4v) is 1.39. The summed E-state index contributed by atoms with van der Waals surface area (Å²) in [5.41, 5.74) is -0.295. The molecule has 1 heterocycles. The molecule has 0 aromatic carbocycles. The molecule has 0 aromatic heterocycles. The lowest BCUT2D eigenvalue weighted by atomic mass is 10.0. The van der Waals surface area contributed by atoms with Crippen molar-refractivity contribution in [3.8, 4) is 0 Å². The molecule has 0 amide bonds. The fraction of sp³-hybridized carbons (Fsp3) is 0.900. The zero-order valence-electron chi connectivity index (χ0n) is 9.37. The van der Waals surface area contributed by atoms with E-state index in [1.165, 1.54) is 0 Å².